The maximum atomic E-state index is 5.80. The molecule has 0 bridgehead atoms. The van der Waals surface area contributed by atoms with Gasteiger partial charge in [-0.05, 0) is 30.0 Å². The Balaban J connectivity index is 0.00000312. The maximum absolute atomic E-state index is 5.80. The second kappa shape index (κ2) is 11.6. The second-order valence-electron chi connectivity index (χ2n) is 6.86. The van der Waals surface area contributed by atoms with Crippen LogP contribution in [0.2, 0.25) is 0 Å². The number of hydrogen-bond acceptors (Lipinski definition) is 3. The zero-order valence-electron chi connectivity index (χ0n) is 15.8. The summed E-state index contributed by atoms with van der Waals surface area (Å²) < 4.78 is 11.2. The van der Waals surface area contributed by atoms with E-state index in [1.165, 1.54) is 5.56 Å². The summed E-state index contributed by atoms with van der Waals surface area (Å²) >= 11 is 0. The third-order valence-corrected chi connectivity index (χ3v) is 4.06. The van der Waals surface area contributed by atoms with Gasteiger partial charge in [-0.25, -0.2) is 0 Å². The van der Waals surface area contributed by atoms with Crippen LogP contribution < -0.4 is 10.1 Å². The summed E-state index contributed by atoms with van der Waals surface area (Å²) in [5, 5.41) is 3.43. The van der Waals surface area contributed by atoms with E-state index in [-0.39, 0.29) is 24.0 Å². The van der Waals surface area contributed by atoms with Gasteiger partial charge < -0.3 is 19.7 Å². The molecule has 1 unspecified atom stereocenters. The minimum atomic E-state index is 0. The largest absolute Gasteiger partial charge is 0.493 e. The van der Waals surface area contributed by atoms with E-state index in [1.807, 2.05) is 19.2 Å². The summed E-state index contributed by atoms with van der Waals surface area (Å²) in [7, 11) is 3.90. The summed E-state index contributed by atoms with van der Waals surface area (Å²) in [5.74, 6) is 2.96. The third kappa shape index (κ3) is 7.81. The van der Waals surface area contributed by atoms with Crippen molar-refractivity contribution in [2.45, 2.75) is 26.8 Å². The molecule has 1 aromatic rings. The first-order valence-electron chi connectivity index (χ1n) is 8.79. The Hall–Kier alpha value is -1.02. The molecule has 0 radical (unpaired) electrons. The number of nitrogens with zero attached hydrogens (tertiary/aromatic N) is 2. The Labute approximate surface area is 169 Å². The number of halogens is 1. The molecule has 142 valence electrons. The normalized spacial score (nSPS) is 17.3. The summed E-state index contributed by atoms with van der Waals surface area (Å²) in [6.07, 6.45) is 1.14. The lowest BCUT2D eigenvalue weighted by Gasteiger charge is -2.24. The van der Waals surface area contributed by atoms with Gasteiger partial charge in [-0.2, -0.15) is 0 Å². The standard InChI is InChI=1S/C19H31N3O2.HI/c1-15(2)13-24-18-7-5-6-16(10-18)11-21-19(20-3)22(4)12-17-8-9-23-14-17;/h5-7,10,15,17H,8-9,11-14H2,1-4H3,(H,20,21);1H. The maximum Gasteiger partial charge on any atom is 0.193 e. The van der Waals surface area contributed by atoms with Crippen molar-refractivity contribution in [3.8, 4) is 5.75 Å². The van der Waals surface area contributed by atoms with Crippen LogP contribution in [0.25, 0.3) is 0 Å². The van der Waals surface area contributed by atoms with Crippen molar-refractivity contribution in [3.63, 3.8) is 0 Å². The van der Waals surface area contributed by atoms with E-state index in [2.05, 4.69) is 48.2 Å². The highest BCUT2D eigenvalue weighted by Gasteiger charge is 2.18. The van der Waals surface area contributed by atoms with Crippen molar-refractivity contribution in [3.05, 3.63) is 29.8 Å². The van der Waals surface area contributed by atoms with Crippen LogP contribution >= 0.6 is 24.0 Å². The highest BCUT2D eigenvalue weighted by atomic mass is 127. The van der Waals surface area contributed by atoms with Crippen molar-refractivity contribution >= 4 is 29.9 Å². The number of benzene rings is 1. The lowest BCUT2D eigenvalue weighted by Crippen LogP contribution is -2.41. The van der Waals surface area contributed by atoms with Crippen molar-refractivity contribution in [1.82, 2.24) is 10.2 Å². The highest BCUT2D eigenvalue weighted by molar-refractivity contribution is 14.0. The predicted octanol–water partition coefficient (Wildman–Crippen LogP) is 3.38. The van der Waals surface area contributed by atoms with Gasteiger partial charge in [0, 0.05) is 39.7 Å². The van der Waals surface area contributed by atoms with Crippen LogP contribution in [0.3, 0.4) is 0 Å². The van der Waals surface area contributed by atoms with Gasteiger partial charge in [0.2, 0.25) is 0 Å². The van der Waals surface area contributed by atoms with Gasteiger partial charge in [0.1, 0.15) is 5.75 Å². The topological polar surface area (TPSA) is 46.1 Å². The summed E-state index contributed by atoms with van der Waals surface area (Å²) in [6, 6.07) is 8.24. The summed E-state index contributed by atoms with van der Waals surface area (Å²) in [6.45, 7) is 8.49. The molecule has 0 saturated carbocycles. The fraction of sp³-hybridized carbons (Fsp3) is 0.632. The molecule has 5 nitrogen and oxygen atoms in total. The molecule has 1 saturated heterocycles. The number of hydrogen-bond donors (Lipinski definition) is 1. The van der Waals surface area contributed by atoms with Gasteiger partial charge >= 0.3 is 0 Å². The van der Waals surface area contributed by atoms with Crippen LogP contribution in [0, 0.1) is 11.8 Å². The van der Waals surface area contributed by atoms with Gasteiger partial charge in [-0.1, -0.05) is 26.0 Å². The number of aliphatic imine (C=N–C) groups is 1. The fourth-order valence-electron chi connectivity index (χ4n) is 2.78. The molecule has 0 amide bonds. The van der Waals surface area contributed by atoms with Crippen LogP contribution in [0.1, 0.15) is 25.8 Å². The Morgan fingerprint density at radius 3 is 2.88 bits per heavy atom. The molecule has 1 atom stereocenters. The number of rotatable bonds is 7. The molecular weight excluding hydrogens is 429 g/mol. The van der Waals surface area contributed by atoms with Gasteiger partial charge in [-0.15, -0.1) is 24.0 Å². The van der Waals surface area contributed by atoms with E-state index < -0.39 is 0 Å². The number of ether oxygens (including phenoxy) is 2. The highest BCUT2D eigenvalue weighted by Crippen LogP contribution is 2.15. The average molecular weight is 461 g/mol. The van der Waals surface area contributed by atoms with Crippen LogP contribution in [0.4, 0.5) is 0 Å². The van der Waals surface area contributed by atoms with Gasteiger partial charge in [-0.3, -0.25) is 4.99 Å². The van der Waals surface area contributed by atoms with E-state index in [9.17, 15) is 0 Å². The molecule has 0 spiro atoms. The van der Waals surface area contributed by atoms with Gasteiger partial charge in [0.25, 0.3) is 0 Å². The minimum absolute atomic E-state index is 0. The van der Waals surface area contributed by atoms with Crippen molar-refractivity contribution in [2.75, 3.05) is 40.5 Å². The van der Waals surface area contributed by atoms with E-state index in [0.29, 0.717) is 11.8 Å². The molecule has 0 aromatic heterocycles. The van der Waals surface area contributed by atoms with Gasteiger partial charge in [0.05, 0.1) is 13.2 Å². The minimum Gasteiger partial charge on any atom is -0.493 e. The van der Waals surface area contributed by atoms with Crippen molar-refractivity contribution in [1.29, 1.82) is 0 Å². The molecule has 1 aliphatic heterocycles. The van der Waals surface area contributed by atoms with E-state index in [4.69, 9.17) is 9.47 Å². The second-order valence-corrected chi connectivity index (χ2v) is 6.86. The SMILES string of the molecule is CN=C(NCc1cccc(OCC(C)C)c1)N(C)CC1CCOC1.I. The molecule has 1 fully saturated rings. The third-order valence-electron chi connectivity index (χ3n) is 4.06. The Morgan fingerprint density at radius 2 is 2.24 bits per heavy atom. The van der Waals surface area contributed by atoms with Gasteiger partial charge in [0.15, 0.2) is 5.96 Å². The lowest BCUT2D eigenvalue weighted by molar-refractivity contribution is 0.181. The number of nitrogens with one attached hydrogen (secondary N) is 1. The van der Waals surface area contributed by atoms with Crippen LogP contribution in [-0.2, 0) is 11.3 Å². The van der Waals surface area contributed by atoms with E-state index in [1.54, 1.807) is 0 Å². The van der Waals surface area contributed by atoms with Crippen molar-refractivity contribution in [2.24, 2.45) is 16.8 Å². The molecule has 6 heteroatoms. The first kappa shape index (κ1) is 22.0. The Bertz CT molecular complexity index is 531. The monoisotopic (exact) mass is 461 g/mol. The quantitative estimate of drug-likeness (QED) is 0.384. The summed E-state index contributed by atoms with van der Waals surface area (Å²) in [5.41, 5.74) is 1.19. The molecular formula is C19H32IN3O2. The lowest BCUT2D eigenvalue weighted by atomic mass is 10.1. The Kier molecular flexibility index (Phi) is 10.2. The van der Waals surface area contributed by atoms with Crippen molar-refractivity contribution < 1.29 is 9.47 Å². The molecule has 1 aliphatic rings. The average Bonchev–Trinajstić information content (AvgIpc) is 3.07. The first-order valence-corrected chi connectivity index (χ1v) is 8.79. The number of guanidine groups is 1. The van der Waals surface area contributed by atoms with Crippen LogP contribution in [0.5, 0.6) is 5.75 Å². The zero-order chi connectivity index (χ0) is 17.4. The molecule has 1 heterocycles. The van der Waals surface area contributed by atoms with Crippen LogP contribution in [-0.4, -0.2) is 51.3 Å². The molecule has 1 aromatic carbocycles. The predicted molar refractivity (Wildman–Crippen MR) is 114 cm³/mol. The van der Waals surface area contributed by atoms with E-state index >= 15 is 0 Å². The first-order chi connectivity index (χ1) is 11.6. The summed E-state index contributed by atoms with van der Waals surface area (Å²) in [4.78, 5) is 6.57. The van der Waals surface area contributed by atoms with E-state index in [0.717, 1.165) is 51.0 Å². The Morgan fingerprint density at radius 1 is 1.44 bits per heavy atom. The smallest absolute Gasteiger partial charge is 0.193 e. The van der Waals surface area contributed by atoms with Crippen LogP contribution in [0.15, 0.2) is 29.3 Å². The molecule has 1 N–H and O–H groups in total. The zero-order valence-corrected chi connectivity index (χ0v) is 18.2. The molecule has 2 rings (SSSR count). The molecule has 25 heavy (non-hydrogen) atoms. The fourth-order valence-corrected chi connectivity index (χ4v) is 2.78. The molecule has 0 aliphatic carbocycles.